The molecule has 1 aromatic carbocycles. The minimum atomic E-state index is -0.642. The van der Waals surface area contributed by atoms with Crippen LogP contribution in [-0.4, -0.2) is 9.91 Å². The lowest BCUT2D eigenvalue weighted by molar-refractivity contribution is -0.384. The van der Waals surface area contributed by atoms with E-state index in [2.05, 4.69) is 4.98 Å². The van der Waals surface area contributed by atoms with Crippen LogP contribution in [0.15, 0.2) is 30.5 Å². The number of pyridine rings is 1. The molecule has 0 N–H and O–H groups in total. The monoisotopic (exact) mass is 192 g/mol. The Morgan fingerprint density at radius 1 is 1.43 bits per heavy atom. The fraction of sp³-hybridized carbons (Fsp3) is 0. The summed E-state index contributed by atoms with van der Waals surface area (Å²) >= 11 is 0. The van der Waals surface area contributed by atoms with E-state index in [0.717, 1.165) is 6.07 Å². The number of non-ortho nitro benzene ring substituents is 1. The SMILES string of the molecule is O=[N+]([O-])c1cc(F)c2cccnc2c1. The van der Waals surface area contributed by atoms with Gasteiger partial charge in [-0.15, -0.1) is 0 Å². The maximum atomic E-state index is 13.3. The first-order valence-corrected chi connectivity index (χ1v) is 3.87. The topological polar surface area (TPSA) is 56.0 Å². The van der Waals surface area contributed by atoms with Gasteiger partial charge in [0.05, 0.1) is 16.5 Å². The first kappa shape index (κ1) is 8.55. The maximum Gasteiger partial charge on any atom is 0.274 e. The zero-order valence-electron chi connectivity index (χ0n) is 6.98. The Hall–Kier alpha value is -2.04. The summed E-state index contributed by atoms with van der Waals surface area (Å²) in [6.07, 6.45) is 1.46. The molecule has 0 fully saturated rings. The zero-order valence-corrected chi connectivity index (χ0v) is 6.98. The third-order valence-corrected chi connectivity index (χ3v) is 1.87. The lowest BCUT2D eigenvalue weighted by atomic mass is 10.2. The van der Waals surface area contributed by atoms with Gasteiger partial charge in [0, 0.05) is 17.6 Å². The van der Waals surface area contributed by atoms with Crippen LogP contribution in [0.1, 0.15) is 0 Å². The van der Waals surface area contributed by atoms with Crippen molar-refractivity contribution in [1.29, 1.82) is 0 Å². The van der Waals surface area contributed by atoms with Gasteiger partial charge in [0.2, 0.25) is 0 Å². The molecule has 5 heteroatoms. The van der Waals surface area contributed by atoms with E-state index in [0.29, 0.717) is 5.52 Å². The Labute approximate surface area is 78.2 Å². The van der Waals surface area contributed by atoms with Gasteiger partial charge >= 0.3 is 0 Å². The number of nitrogens with zero attached hydrogens (tertiary/aromatic N) is 2. The minimum absolute atomic E-state index is 0.284. The van der Waals surface area contributed by atoms with Crippen LogP contribution in [-0.2, 0) is 0 Å². The number of aromatic nitrogens is 1. The zero-order chi connectivity index (χ0) is 10.1. The normalized spacial score (nSPS) is 10.4. The number of nitro benzene ring substituents is 1. The van der Waals surface area contributed by atoms with E-state index in [9.17, 15) is 14.5 Å². The average molecular weight is 192 g/mol. The molecule has 0 bridgehead atoms. The maximum absolute atomic E-state index is 13.3. The van der Waals surface area contributed by atoms with Crippen molar-refractivity contribution in [1.82, 2.24) is 4.98 Å². The van der Waals surface area contributed by atoms with Crippen LogP contribution < -0.4 is 0 Å². The molecule has 0 atom stereocenters. The van der Waals surface area contributed by atoms with Gasteiger partial charge in [0.15, 0.2) is 0 Å². The molecule has 0 radical (unpaired) electrons. The summed E-state index contributed by atoms with van der Waals surface area (Å²) in [5, 5.41) is 10.7. The highest BCUT2D eigenvalue weighted by Gasteiger charge is 2.11. The van der Waals surface area contributed by atoms with Gasteiger partial charge in [0.25, 0.3) is 5.69 Å². The smallest absolute Gasteiger partial charge is 0.258 e. The van der Waals surface area contributed by atoms with Crippen molar-refractivity contribution in [3.8, 4) is 0 Å². The second-order valence-corrected chi connectivity index (χ2v) is 2.75. The van der Waals surface area contributed by atoms with Crippen LogP contribution in [0.4, 0.5) is 10.1 Å². The van der Waals surface area contributed by atoms with Crippen LogP contribution in [0.2, 0.25) is 0 Å². The van der Waals surface area contributed by atoms with Crippen LogP contribution >= 0.6 is 0 Å². The van der Waals surface area contributed by atoms with Gasteiger partial charge in [-0.2, -0.15) is 0 Å². The molecule has 0 spiro atoms. The summed E-state index contributed by atoms with van der Waals surface area (Å²) in [5.41, 5.74) is 0.00731. The molecule has 70 valence electrons. The molecule has 0 aliphatic rings. The third-order valence-electron chi connectivity index (χ3n) is 1.87. The van der Waals surface area contributed by atoms with Crippen LogP contribution in [0.3, 0.4) is 0 Å². The van der Waals surface area contributed by atoms with Gasteiger partial charge in [-0.1, -0.05) is 0 Å². The van der Waals surface area contributed by atoms with Crippen molar-refractivity contribution in [2.75, 3.05) is 0 Å². The van der Waals surface area contributed by atoms with Crippen molar-refractivity contribution in [3.63, 3.8) is 0 Å². The summed E-state index contributed by atoms with van der Waals surface area (Å²) in [6.45, 7) is 0. The minimum Gasteiger partial charge on any atom is -0.258 e. The molecular formula is C9H5FN2O2. The Balaban J connectivity index is 2.78. The average Bonchev–Trinajstić information content (AvgIpc) is 2.17. The van der Waals surface area contributed by atoms with E-state index in [1.54, 1.807) is 6.07 Å². The first-order valence-electron chi connectivity index (χ1n) is 3.87. The summed E-state index contributed by atoms with van der Waals surface area (Å²) in [7, 11) is 0. The van der Waals surface area contributed by atoms with E-state index in [1.165, 1.54) is 18.3 Å². The molecular weight excluding hydrogens is 187 g/mol. The molecule has 0 aliphatic heterocycles. The van der Waals surface area contributed by atoms with Crippen LogP contribution in [0.25, 0.3) is 10.9 Å². The Bertz CT molecular complexity index is 513. The molecule has 2 aromatic rings. The van der Waals surface area contributed by atoms with Gasteiger partial charge in [-0.25, -0.2) is 4.39 Å². The van der Waals surface area contributed by atoms with Crippen molar-refractivity contribution in [3.05, 3.63) is 46.4 Å². The highest BCUT2D eigenvalue weighted by atomic mass is 19.1. The molecule has 1 heterocycles. The fourth-order valence-electron chi connectivity index (χ4n) is 1.23. The molecule has 0 aliphatic carbocycles. The molecule has 4 nitrogen and oxygen atoms in total. The number of nitro groups is 1. The molecule has 0 amide bonds. The number of halogens is 1. The lowest BCUT2D eigenvalue weighted by Gasteiger charge is -1.97. The quantitative estimate of drug-likeness (QED) is 0.514. The molecule has 0 saturated carbocycles. The Kier molecular flexibility index (Phi) is 1.85. The summed E-state index contributed by atoms with van der Waals surface area (Å²) in [5.74, 6) is -0.623. The van der Waals surface area contributed by atoms with Gasteiger partial charge in [-0.05, 0) is 12.1 Å². The second kappa shape index (κ2) is 3.02. The van der Waals surface area contributed by atoms with Gasteiger partial charge in [-0.3, -0.25) is 15.1 Å². The number of hydrogen-bond acceptors (Lipinski definition) is 3. The van der Waals surface area contributed by atoms with Crippen molar-refractivity contribution in [2.24, 2.45) is 0 Å². The molecule has 14 heavy (non-hydrogen) atoms. The number of hydrogen-bond donors (Lipinski definition) is 0. The summed E-state index contributed by atoms with van der Waals surface area (Å²) in [4.78, 5) is 13.6. The fourth-order valence-corrected chi connectivity index (χ4v) is 1.23. The Morgan fingerprint density at radius 3 is 2.93 bits per heavy atom. The summed E-state index contributed by atoms with van der Waals surface area (Å²) in [6, 6.07) is 5.25. The van der Waals surface area contributed by atoms with E-state index in [4.69, 9.17) is 0 Å². The van der Waals surface area contributed by atoms with Crippen LogP contribution in [0.5, 0.6) is 0 Å². The standard InChI is InChI=1S/C9H5FN2O2/c10-8-4-6(12(13)14)5-9-7(8)2-1-3-11-9/h1-5H. The van der Waals surface area contributed by atoms with Crippen LogP contribution in [0, 0.1) is 15.9 Å². The first-order chi connectivity index (χ1) is 6.68. The van der Waals surface area contributed by atoms with E-state index in [-0.39, 0.29) is 11.1 Å². The number of fused-ring (bicyclic) bond motifs is 1. The summed E-state index contributed by atoms with van der Waals surface area (Å²) < 4.78 is 13.3. The van der Waals surface area contributed by atoms with Crippen molar-refractivity contribution >= 4 is 16.6 Å². The number of rotatable bonds is 1. The van der Waals surface area contributed by atoms with E-state index >= 15 is 0 Å². The lowest BCUT2D eigenvalue weighted by Crippen LogP contribution is -1.91. The number of benzene rings is 1. The van der Waals surface area contributed by atoms with E-state index < -0.39 is 10.7 Å². The predicted molar refractivity (Wildman–Crippen MR) is 48.4 cm³/mol. The van der Waals surface area contributed by atoms with Crippen molar-refractivity contribution in [2.45, 2.75) is 0 Å². The van der Waals surface area contributed by atoms with Gasteiger partial charge in [0.1, 0.15) is 5.82 Å². The largest absolute Gasteiger partial charge is 0.274 e. The second-order valence-electron chi connectivity index (χ2n) is 2.75. The van der Waals surface area contributed by atoms with Gasteiger partial charge < -0.3 is 0 Å². The molecule has 1 aromatic heterocycles. The highest BCUT2D eigenvalue weighted by Crippen LogP contribution is 2.22. The highest BCUT2D eigenvalue weighted by molar-refractivity contribution is 5.81. The van der Waals surface area contributed by atoms with Crippen molar-refractivity contribution < 1.29 is 9.31 Å². The third kappa shape index (κ3) is 1.28. The molecule has 2 rings (SSSR count). The molecule has 0 saturated heterocycles. The molecule has 0 unspecified atom stereocenters. The Morgan fingerprint density at radius 2 is 2.21 bits per heavy atom. The predicted octanol–water partition coefficient (Wildman–Crippen LogP) is 2.28. The van der Waals surface area contributed by atoms with E-state index in [1.807, 2.05) is 0 Å².